The molecule has 0 radical (unpaired) electrons. The maximum atomic E-state index is 6.33. The third kappa shape index (κ3) is 2.73. The lowest BCUT2D eigenvalue weighted by molar-refractivity contribution is 0.669. The molecule has 0 amide bonds. The Morgan fingerprint density at radius 3 is 2.42 bits per heavy atom. The SMILES string of the molecule is Cc1ccc2ccc3c(-c4cccc5c4oc4ccccc45)nc(C(C)C)nc3c2c1. The first-order valence-corrected chi connectivity index (χ1v) is 10.7. The molecule has 2 aromatic heterocycles. The van der Waals surface area contributed by atoms with Crippen molar-refractivity contribution in [3.8, 4) is 11.3 Å². The van der Waals surface area contributed by atoms with Crippen molar-refractivity contribution in [3.63, 3.8) is 0 Å². The van der Waals surface area contributed by atoms with Gasteiger partial charge in [-0.2, -0.15) is 0 Å². The first-order valence-electron chi connectivity index (χ1n) is 10.7. The van der Waals surface area contributed by atoms with Crippen LogP contribution in [0.15, 0.2) is 77.2 Å². The molecule has 6 aromatic rings. The van der Waals surface area contributed by atoms with E-state index in [2.05, 4.69) is 81.4 Å². The van der Waals surface area contributed by atoms with Gasteiger partial charge in [0.1, 0.15) is 17.0 Å². The first-order chi connectivity index (χ1) is 15.1. The molecular weight excluding hydrogens is 380 g/mol. The molecule has 0 atom stereocenters. The van der Waals surface area contributed by atoms with Crippen LogP contribution in [0, 0.1) is 6.92 Å². The Morgan fingerprint density at radius 1 is 0.742 bits per heavy atom. The van der Waals surface area contributed by atoms with Gasteiger partial charge < -0.3 is 4.42 Å². The van der Waals surface area contributed by atoms with E-state index in [0.29, 0.717) is 0 Å². The normalized spacial score (nSPS) is 12.0. The van der Waals surface area contributed by atoms with Gasteiger partial charge in [-0.1, -0.05) is 67.9 Å². The summed E-state index contributed by atoms with van der Waals surface area (Å²) in [6.07, 6.45) is 0. The molecule has 31 heavy (non-hydrogen) atoms. The van der Waals surface area contributed by atoms with Crippen LogP contribution in [-0.4, -0.2) is 9.97 Å². The van der Waals surface area contributed by atoms with Crippen molar-refractivity contribution in [1.29, 1.82) is 0 Å². The molecule has 3 heteroatoms. The number of rotatable bonds is 2. The van der Waals surface area contributed by atoms with Crippen LogP contribution in [0.3, 0.4) is 0 Å². The molecule has 0 unspecified atom stereocenters. The van der Waals surface area contributed by atoms with E-state index < -0.39 is 0 Å². The topological polar surface area (TPSA) is 38.9 Å². The smallest absolute Gasteiger partial charge is 0.144 e. The number of aryl methyl sites for hydroxylation is 1. The van der Waals surface area contributed by atoms with Gasteiger partial charge in [-0.3, -0.25) is 0 Å². The number of hydrogen-bond acceptors (Lipinski definition) is 3. The Balaban J connectivity index is 1.77. The standard InChI is InChI=1S/C28H22N2O/c1-16(2)28-29-25(21-14-13-18-12-11-17(3)15-23(18)26(21)30-28)22-9-6-8-20-19-7-4-5-10-24(19)31-27(20)22/h4-16H,1-3H3. The lowest BCUT2D eigenvalue weighted by atomic mass is 9.99. The molecule has 0 N–H and O–H groups in total. The summed E-state index contributed by atoms with van der Waals surface area (Å²) in [6, 6.07) is 25.4. The van der Waals surface area contributed by atoms with Gasteiger partial charge in [0.15, 0.2) is 0 Å². The minimum absolute atomic E-state index is 0.220. The third-order valence-corrected chi connectivity index (χ3v) is 6.03. The summed E-state index contributed by atoms with van der Waals surface area (Å²) >= 11 is 0. The molecular formula is C28H22N2O. The Hall–Kier alpha value is -3.72. The second-order valence-corrected chi connectivity index (χ2v) is 8.55. The highest BCUT2D eigenvalue weighted by molar-refractivity contribution is 6.14. The minimum atomic E-state index is 0.220. The van der Waals surface area contributed by atoms with Crippen LogP contribution in [0.4, 0.5) is 0 Å². The van der Waals surface area contributed by atoms with E-state index in [-0.39, 0.29) is 5.92 Å². The van der Waals surface area contributed by atoms with Gasteiger partial charge in [-0.05, 0) is 36.6 Å². The summed E-state index contributed by atoms with van der Waals surface area (Å²) in [5.74, 6) is 1.07. The quantitative estimate of drug-likeness (QED) is 0.278. The summed E-state index contributed by atoms with van der Waals surface area (Å²) in [4.78, 5) is 10.1. The number of para-hydroxylation sites is 2. The first kappa shape index (κ1) is 18.1. The molecule has 6 rings (SSSR count). The number of aromatic nitrogens is 2. The summed E-state index contributed by atoms with van der Waals surface area (Å²) < 4.78 is 6.33. The summed E-state index contributed by atoms with van der Waals surface area (Å²) in [6.45, 7) is 6.41. The fraction of sp³-hybridized carbons (Fsp3) is 0.143. The van der Waals surface area contributed by atoms with Gasteiger partial charge >= 0.3 is 0 Å². The zero-order valence-corrected chi connectivity index (χ0v) is 17.8. The van der Waals surface area contributed by atoms with Gasteiger partial charge in [-0.15, -0.1) is 0 Å². The molecule has 0 bridgehead atoms. The van der Waals surface area contributed by atoms with Crippen molar-refractivity contribution >= 4 is 43.6 Å². The summed E-state index contributed by atoms with van der Waals surface area (Å²) in [5, 5.41) is 5.65. The predicted octanol–water partition coefficient (Wildman–Crippen LogP) is 7.78. The second kappa shape index (κ2) is 6.64. The van der Waals surface area contributed by atoms with Crippen LogP contribution in [0.2, 0.25) is 0 Å². The highest BCUT2D eigenvalue weighted by Gasteiger charge is 2.18. The maximum Gasteiger partial charge on any atom is 0.144 e. The molecule has 0 fully saturated rings. The predicted molar refractivity (Wildman–Crippen MR) is 129 cm³/mol. The van der Waals surface area contributed by atoms with Crippen molar-refractivity contribution in [2.75, 3.05) is 0 Å². The number of furan rings is 1. The maximum absolute atomic E-state index is 6.33. The molecule has 0 saturated heterocycles. The Morgan fingerprint density at radius 2 is 1.55 bits per heavy atom. The Kier molecular flexibility index (Phi) is 3.87. The molecule has 150 valence electrons. The Bertz CT molecular complexity index is 1630. The van der Waals surface area contributed by atoms with Crippen molar-refractivity contribution in [1.82, 2.24) is 9.97 Å². The van der Waals surface area contributed by atoms with Crippen molar-refractivity contribution in [2.45, 2.75) is 26.7 Å². The molecule has 2 heterocycles. The number of fused-ring (bicyclic) bond motifs is 6. The average molecular weight is 402 g/mol. The van der Waals surface area contributed by atoms with E-state index in [1.807, 2.05) is 12.1 Å². The van der Waals surface area contributed by atoms with E-state index in [9.17, 15) is 0 Å². The highest BCUT2D eigenvalue weighted by atomic mass is 16.3. The lowest BCUT2D eigenvalue weighted by Gasteiger charge is -2.13. The fourth-order valence-electron chi connectivity index (χ4n) is 4.44. The average Bonchev–Trinajstić information content (AvgIpc) is 3.17. The van der Waals surface area contributed by atoms with E-state index in [1.54, 1.807) is 0 Å². The van der Waals surface area contributed by atoms with Gasteiger partial charge in [-0.25, -0.2) is 9.97 Å². The zero-order chi connectivity index (χ0) is 21.1. The Labute approximate surface area is 180 Å². The summed E-state index contributed by atoms with van der Waals surface area (Å²) in [5.41, 5.74) is 5.95. The molecule has 3 nitrogen and oxygen atoms in total. The van der Waals surface area contributed by atoms with E-state index >= 15 is 0 Å². The van der Waals surface area contributed by atoms with Crippen LogP contribution in [-0.2, 0) is 0 Å². The molecule has 0 aliphatic heterocycles. The van der Waals surface area contributed by atoms with Crippen LogP contribution in [0.5, 0.6) is 0 Å². The number of nitrogens with zero attached hydrogens (tertiary/aromatic N) is 2. The zero-order valence-electron chi connectivity index (χ0n) is 17.8. The van der Waals surface area contributed by atoms with Crippen molar-refractivity contribution in [3.05, 3.63) is 84.2 Å². The van der Waals surface area contributed by atoms with E-state index in [1.165, 1.54) is 16.3 Å². The summed E-state index contributed by atoms with van der Waals surface area (Å²) in [7, 11) is 0. The highest BCUT2D eigenvalue weighted by Crippen LogP contribution is 2.39. The molecule has 0 aliphatic carbocycles. The van der Waals surface area contributed by atoms with Gasteiger partial charge in [0.2, 0.25) is 0 Å². The van der Waals surface area contributed by atoms with Gasteiger partial charge in [0, 0.05) is 33.0 Å². The van der Waals surface area contributed by atoms with Crippen LogP contribution >= 0.6 is 0 Å². The van der Waals surface area contributed by atoms with Crippen LogP contribution < -0.4 is 0 Å². The van der Waals surface area contributed by atoms with Crippen LogP contribution in [0.25, 0.3) is 54.9 Å². The molecule has 0 aliphatic rings. The van der Waals surface area contributed by atoms with E-state index in [4.69, 9.17) is 14.4 Å². The van der Waals surface area contributed by atoms with Crippen LogP contribution in [0.1, 0.15) is 31.2 Å². The number of hydrogen-bond donors (Lipinski definition) is 0. The second-order valence-electron chi connectivity index (χ2n) is 8.55. The fourth-order valence-corrected chi connectivity index (χ4v) is 4.44. The molecule has 0 spiro atoms. The van der Waals surface area contributed by atoms with Crippen molar-refractivity contribution < 1.29 is 4.42 Å². The number of benzene rings is 4. The van der Waals surface area contributed by atoms with E-state index in [0.717, 1.165) is 49.9 Å². The minimum Gasteiger partial charge on any atom is -0.455 e. The monoisotopic (exact) mass is 402 g/mol. The lowest BCUT2D eigenvalue weighted by Crippen LogP contribution is -2.01. The molecule has 0 saturated carbocycles. The largest absolute Gasteiger partial charge is 0.455 e. The van der Waals surface area contributed by atoms with Gasteiger partial charge in [0.05, 0.1) is 11.2 Å². The van der Waals surface area contributed by atoms with Crippen molar-refractivity contribution in [2.24, 2.45) is 0 Å². The third-order valence-electron chi connectivity index (χ3n) is 6.03. The molecule has 4 aromatic carbocycles. The van der Waals surface area contributed by atoms with Gasteiger partial charge in [0.25, 0.3) is 0 Å².